The number of para-hydroxylation sites is 3. The Balaban J connectivity index is 0.00000450. The molecule has 0 aliphatic rings. The minimum absolute atomic E-state index is 0. The van der Waals surface area contributed by atoms with Gasteiger partial charge in [0.2, 0.25) is 0 Å². The Morgan fingerprint density at radius 3 is 2.06 bits per heavy atom. The average Bonchev–Trinajstić information content (AvgIpc) is 3.48. The van der Waals surface area contributed by atoms with Crippen molar-refractivity contribution in [3.8, 4) is 33.8 Å². The number of phenolic OH excluding ortho intramolecular Hbond substituents is 1. The Morgan fingerprint density at radius 1 is 0.648 bits per heavy atom. The monoisotopic (exact) mass is 886 g/mol. The fourth-order valence-electron chi connectivity index (χ4n) is 7.12. The molecule has 0 radical (unpaired) electrons. The van der Waals surface area contributed by atoms with Gasteiger partial charge >= 0.3 is 0 Å². The number of pyridine rings is 2. The van der Waals surface area contributed by atoms with Crippen LogP contribution in [0.3, 0.4) is 0 Å². The van der Waals surface area contributed by atoms with Gasteiger partial charge in [-0.25, -0.2) is 4.98 Å². The van der Waals surface area contributed by atoms with E-state index in [0.717, 1.165) is 67.1 Å². The number of anilines is 3. The summed E-state index contributed by atoms with van der Waals surface area (Å²) in [5.41, 5.74) is 10.3. The summed E-state index contributed by atoms with van der Waals surface area (Å²) in [6.45, 7) is 13.4. The molecule has 0 bridgehead atoms. The number of aromatic hydroxyl groups is 1. The second-order valence-corrected chi connectivity index (χ2v) is 15.7. The van der Waals surface area contributed by atoms with Crippen LogP contribution in [0.5, 0.6) is 5.75 Å². The Hall–Kier alpha value is -5.51. The first kappa shape index (κ1) is 36.8. The van der Waals surface area contributed by atoms with Crippen LogP contribution in [0.15, 0.2) is 146 Å². The summed E-state index contributed by atoms with van der Waals surface area (Å²) in [4.78, 5) is 12.6. The summed E-state index contributed by atoms with van der Waals surface area (Å²) in [5, 5.41) is 13.4. The quantitative estimate of drug-likeness (QED) is 0.169. The van der Waals surface area contributed by atoms with Crippen molar-refractivity contribution in [2.75, 3.05) is 4.90 Å². The van der Waals surface area contributed by atoms with E-state index in [1.807, 2.05) is 54.7 Å². The number of aromatic nitrogens is 3. The molecule has 54 heavy (non-hydrogen) atoms. The molecular formula is C48H43N4OPt-. The first-order valence-electron chi connectivity index (χ1n) is 18.2. The SMILES string of the molecule is CC(C)(C)c1ccc2c(c1)c1cc(C(C)(C)C)c(-c3[c-]c(N(c4ccccc4)c4cc(-c5ccccc5)ccn4)ccc3)nc1n2-c1ccccc1O.[Pt]. The normalized spacial score (nSPS) is 11.8. The fraction of sp³-hybridized carbons (Fsp3) is 0.167. The zero-order valence-corrected chi connectivity index (χ0v) is 33.7. The van der Waals surface area contributed by atoms with Gasteiger partial charge in [-0.15, -0.1) is 29.8 Å². The van der Waals surface area contributed by atoms with E-state index in [4.69, 9.17) is 9.97 Å². The minimum Gasteiger partial charge on any atom is -0.506 e. The van der Waals surface area contributed by atoms with Crippen molar-refractivity contribution in [3.63, 3.8) is 0 Å². The number of hydrogen-bond donors (Lipinski definition) is 1. The van der Waals surface area contributed by atoms with Crippen molar-refractivity contribution in [1.82, 2.24) is 14.5 Å². The molecule has 1 N–H and O–H groups in total. The van der Waals surface area contributed by atoms with Crippen LogP contribution in [-0.2, 0) is 31.9 Å². The molecule has 0 fully saturated rings. The van der Waals surface area contributed by atoms with Crippen LogP contribution in [0.1, 0.15) is 52.7 Å². The molecule has 3 heterocycles. The van der Waals surface area contributed by atoms with E-state index in [1.54, 1.807) is 6.07 Å². The van der Waals surface area contributed by atoms with E-state index in [2.05, 4.69) is 142 Å². The minimum atomic E-state index is -0.240. The first-order valence-corrected chi connectivity index (χ1v) is 18.2. The van der Waals surface area contributed by atoms with E-state index >= 15 is 0 Å². The van der Waals surface area contributed by atoms with Crippen LogP contribution in [0.4, 0.5) is 17.2 Å². The third-order valence-corrected chi connectivity index (χ3v) is 9.91. The Morgan fingerprint density at radius 2 is 1.35 bits per heavy atom. The summed E-state index contributed by atoms with van der Waals surface area (Å²) in [5.74, 6) is 0.992. The molecule has 0 saturated carbocycles. The Bertz CT molecular complexity index is 2600. The van der Waals surface area contributed by atoms with Crippen LogP contribution >= 0.6 is 0 Å². The van der Waals surface area contributed by atoms with Gasteiger partial charge in [0.05, 0.1) is 11.2 Å². The summed E-state index contributed by atoms with van der Waals surface area (Å²) in [7, 11) is 0. The van der Waals surface area contributed by atoms with E-state index in [0.29, 0.717) is 5.69 Å². The maximum Gasteiger partial charge on any atom is 0.139 e. The van der Waals surface area contributed by atoms with Gasteiger partial charge in [-0.3, -0.25) is 9.55 Å². The molecule has 6 heteroatoms. The molecule has 0 atom stereocenters. The molecule has 0 saturated heterocycles. The van der Waals surface area contributed by atoms with Gasteiger partial charge < -0.3 is 10.0 Å². The van der Waals surface area contributed by atoms with Crippen molar-refractivity contribution >= 4 is 39.1 Å². The molecule has 5 aromatic carbocycles. The van der Waals surface area contributed by atoms with Gasteiger partial charge in [0.25, 0.3) is 0 Å². The summed E-state index contributed by atoms with van der Waals surface area (Å²) in [6.07, 6.45) is 1.87. The number of hydrogen-bond acceptors (Lipinski definition) is 4. The van der Waals surface area contributed by atoms with Gasteiger partial charge in [-0.05, 0) is 87.4 Å². The van der Waals surface area contributed by atoms with E-state index in [1.165, 1.54) is 5.56 Å². The standard InChI is InChI=1S/C48H43N4O.Pt/c1-47(2,3)35-24-25-41-38(30-35)39-31-40(48(4,5)6)45(50-46(39)52(41)42-22-13-14-23-43(42)53)34-18-15-21-37(28-34)51(36-19-11-8-12-20-36)44-29-33(26-27-49-44)32-16-9-7-10-17-32;/h7-27,29-31,53H,1-6H3;/q-1;. The number of fused-ring (bicyclic) bond motifs is 3. The van der Waals surface area contributed by atoms with Crippen LogP contribution in [0.2, 0.25) is 0 Å². The van der Waals surface area contributed by atoms with Crippen molar-refractivity contribution in [2.45, 2.75) is 52.4 Å². The second-order valence-electron chi connectivity index (χ2n) is 15.7. The Labute approximate surface area is 332 Å². The number of nitrogens with zero attached hydrogens (tertiary/aromatic N) is 4. The predicted octanol–water partition coefficient (Wildman–Crippen LogP) is 12.5. The molecule has 0 amide bonds. The van der Waals surface area contributed by atoms with Crippen molar-refractivity contribution in [3.05, 3.63) is 163 Å². The smallest absolute Gasteiger partial charge is 0.139 e. The molecule has 8 rings (SSSR count). The van der Waals surface area contributed by atoms with E-state index < -0.39 is 0 Å². The zero-order chi connectivity index (χ0) is 36.9. The van der Waals surface area contributed by atoms with Gasteiger partial charge in [0.15, 0.2) is 0 Å². The van der Waals surface area contributed by atoms with Crippen molar-refractivity contribution < 1.29 is 26.2 Å². The summed E-state index contributed by atoms with van der Waals surface area (Å²) < 4.78 is 2.10. The first-order chi connectivity index (χ1) is 25.5. The topological polar surface area (TPSA) is 54.2 Å². The van der Waals surface area contributed by atoms with Crippen molar-refractivity contribution in [2.24, 2.45) is 0 Å². The summed E-state index contributed by atoms with van der Waals surface area (Å²) >= 11 is 0. The third-order valence-electron chi connectivity index (χ3n) is 9.91. The molecular weight excluding hydrogens is 844 g/mol. The summed E-state index contributed by atoms with van der Waals surface area (Å²) in [6, 6.07) is 51.4. The van der Waals surface area contributed by atoms with E-state index in [-0.39, 0.29) is 37.6 Å². The largest absolute Gasteiger partial charge is 0.506 e. The van der Waals surface area contributed by atoms with Crippen LogP contribution in [0.25, 0.3) is 50.0 Å². The third kappa shape index (κ3) is 6.85. The molecule has 8 aromatic rings. The second kappa shape index (κ2) is 14.4. The molecule has 0 unspecified atom stereocenters. The van der Waals surface area contributed by atoms with E-state index in [9.17, 15) is 5.11 Å². The van der Waals surface area contributed by atoms with Gasteiger partial charge in [0, 0.05) is 43.7 Å². The van der Waals surface area contributed by atoms with Crippen LogP contribution in [0, 0.1) is 6.07 Å². The average molecular weight is 887 g/mol. The van der Waals surface area contributed by atoms with Gasteiger partial charge in [-0.2, -0.15) is 0 Å². The molecule has 3 aromatic heterocycles. The number of benzene rings is 5. The fourth-order valence-corrected chi connectivity index (χ4v) is 7.12. The predicted molar refractivity (Wildman–Crippen MR) is 220 cm³/mol. The molecule has 0 spiro atoms. The number of rotatable bonds is 6. The maximum atomic E-state index is 11.2. The molecule has 0 aliphatic heterocycles. The molecule has 272 valence electrons. The van der Waals surface area contributed by atoms with Crippen LogP contribution < -0.4 is 4.90 Å². The zero-order valence-electron chi connectivity index (χ0n) is 31.4. The molecule has 0 aliphatic carbocycles. The Kier molecular flexibility index (Phi) is 9.81. The van der Waals surface area contributed by atoms with Crippen molar-refractivity contribution in [1.29, 1.82) is 0 Å². The number of phenols is 1. The van der Waals surface area contributed by atoms with Crippen LogP contribution in [-0.4, -0.2) is 19.6 Å². The van der Waals surface area contributed by atoms with Gasteiger partial charge in [-0.1, -0.05) is 120 Å². The maximum absolute atomic E-state index is 11.2. The molecule has 5 nitrogen and oxygen atoms in total. The van der Waals surface area contributed by atoms with Gasteiger partial charge in [0.1, 0.15) is 17.2 Å².